The van der Waals surface area contributed by atoms with Gasteiger partial charge in [-0.05, 0) is 74.6 Å². The van der Waals surface area contributed by atoms with Crippen LogP contribution in [-0.4, -0.2) is 6.04 Å². The van der Waals surface area contributed by atoms with Gasteiger partial charge in [-0.3, -0.25) is 0 Å². The zero-order valence-electron chi connectivity index (χ0n) is 12.7. The van der Waals surface area contributed by atoms with Gasteiger partial charge < -0.3 is 10.5 Å². The lowest BCUT2D eigenvalue weighted by Gasteiger charge is -2.13. The lowest BCUT2D eigenvalue weighted by atomic mass is 10.0. The third-order valence-corrected chi connectivity index (χ3v) is 3.43. The second-order valence-electron chi connectivity index (χ2n) is 5.64. The van der Waals surface area contributed by atoms with Gasteiger partial charge >= 0.3 is 0 Å². The smallest absolute Gasteiger partial charge is 0.130 e. The van der Waals surface area contributed by atoms with Crippen LogP contribution < -0.4 is 10.5 Å². The van der Waals surface area contributed by atoms with E-state index in [4.69, 9.17) is 10.5 Å². The van der Waals surface area contributed by atoms with Gasteiger partial charge in [0.05, 0.1) is 0 Å². The molecule has 2 nitrogen and oxygen atoms in total. The second-order valence-corrected chi connectivity index (χ2v) is 5.64. The van der Waals surface area contributed by atoms with Crippen LogP contribution >= 0.6 is 0 Å². The molecule has 20 heavy (non-hydrogen) atoms. The maximum Gasteiger partial charge on any atom is 0.130 e. The van der Waals surface area contributed by atoms with E-state index >= 15 is 0 Å². The topological polar surface area (TPSA) is 35.2 Å². The zero-order valence-corrected chi connectivity index (χ0v) is 12.7. The molecule has 1 unspecified atom stereocenters. The molecule has 0 aliphatic rings. The maximum atomic E-state index is 6.00. The van der Waals surface area contributed by atoms with Gasteiger partial charge in [0.2, 0.25) is 0 Å². The molecule has 0 fully saturated rings. The van der Waals surface area contributed by atoms with Crippen LogP contribution in [0.1, 0.15) is 29.2 Å². The van der Waals surface area contributed by atoms with Gasteiger partial charge in [-0.1, -0.05) is 18.2 Å². The average Bonchev–Trinajstić information content (AvgIpc) is 2.37. The highest BCUT2D eigenvalue weighted by Gasteiger charge is 2.06. The van der Waals surface area contributed by atoms with E-state index in [2.05, 4.69) is 51.1 Å². The highest BCUT2D eigenvalue weighted by Crippen LogP contribution is 2.27. The van der Waals surface area contributed by atoms with Crippen molar-refractivity contribution >= 4 is 0 Å². The van der Waals surface area contributed by atoms with E-state index in [0.29, 0.717) is 0 Å². The molecule has 2 rings (SSSR count). The standard InChI is InChI=1S/C18H23NO/c1-12-5-6-13(2)18(9-12)20-17-8-7-16(11-15(4)19)14(3)10-17/h5-10,15H,11,19H2,1-4H3. The van der Waals surface area contributed by atoms with Gasteiger partial charge in [0.25, 0.3) is 0 Å². The molecule has 2 aromatic carbocycles. The third kappa shape index (κ3) is 3.61. The van der Waals surface area contributed by atoms with Crippen molar-refractivity contribution in [2.45, 2.75) is 40.2 Å². The number of benzene rings is 2. The lowest BCUT2D eigenvalue weighted by Crippen LogP contribution is -2.18. The molecule has 0 saturated heterocycles. The number of rotatable bonds is 4. The minimum Gasteiger partial charge on any atom is -0.457 e. The fourth-order valence-corrected chi connectivity index (χ4v) is 2.25. The summed E-state index contributed by atoms with van der Waals surface area (Å²) in [6.45, 7) is 8.27. The Morgan fingerprint density at radius 3 is 2.40 bits per heavy atom. The Balaban J connectivity index is 2.22. The number of hydrogen-bond acceptors (Lipinski definition) is 2. The Bertz CT molecular complexity index is 602. The lowest BCUT2D eigenvalue weighted by molar-refractivity contribution is 0.477. The van der Waals surface area contributed by atoms with Gasteiger partial charge in [0.1, 0.15) is 11.5 Å². The van der Waals surface area contributed by atoms with Crippen LogP contribution in [-0.2, 0) is 6.42 Å². The molecule has 1 atom stereocenters. The molecule has 0 amide bonds. The molecule has 0 radical (unpaired) electrons. The van der Waals surface area contributed by atoms with Crippen LogP contribution in [0.5, 0.6) is 11.5 Å². The van der Waals surface area contributed by atoms with E-state index in [1.807, 2.05) is 13.0 Å². The summed E-state index contributed by atoms with van der Waals surface area (Å²) in [6.07, 6.45) is 0.898. The Morgan fingerprint density at radius 2 is 1.75 bits per heavy atom. The van der Waals surface area contributed by atoms with Crippen molar-refractivity contribution in [2.75, 3.05) is 0 Å². The number of hydrogen-bond donors (Lipinski definition) is 1. The van der Waals surface area contributed by atoms with Gasteiger partial charge in [0.15, 0.2) is 0 Å². The molecule has 0 aromatic heterocycles. The summed E-state index contributed by atoms with van der Waals surface area (Å²) in [5.41, 5.74) is 10.7. The fourth-order valence-electron chi connectivity index (χ4n) is 2.25. The Hall–Kier alpha value is -1.80. The molecule has 0 aliphatic carbocycles. The van der Waals surface area contributed by atoms with Crippen LogP contribution in [0.15, 0.2) is 36.4 Å². The molecule has 106 valence electrons. The highest BCUT2D eigenvalue weighted by molar-refractivity contribution is 5.42. The molecule has 2 aromatic rings. The molecule has 0 spiro atoms. The second kappa shape index (κ2) is 6.10. The molecular formula is C18H23NO. The van der Waals surface area contributed by atoms with E-state index in [1.165, 1.54) is 16.7 Å². The summed E-state index contributed by atoms with van der Waals surface area (Å²) in [5.74, 6) is 1.80. The average molecular weight is 269 g/mol. The summed E-state index contributed by atoms with van der Waals surface area (Å²) in [7, 11) is 0. The number of nitrogens with two attached hydrogens (primary N) is 1. The minimum absolute atomic E-state index is 0.180. The van der Waals surface area contributed by atoms with E-state index in [9.17, 15) is 0 Å². The van der Waals surface area contributed by atoms with Crippen LogP contribution in [0, 0.1) is 20.8 Å². The molecule has 0 heterocycles. The first-order valence-electron chi connectivity index (χ1n) is 7.06. The molecule has 0 bridgehead atoms. The van der Waals surface area contributed by atoms with Gasteiger partial charge in [-0.25, -0.2) is 0 Å². The Kier molecular flexibility index (Phi) is 4.46. The first-order valence-corrected chi connectivity index (χ1v) is 7.06. The number of aryl methyl sites for hydroxylation is 3. The van der Waals surface area contributed by atoms with Crippen LogP contribution in [0.4, 0.5) is 0 Å². The zero-order chi connectivity index (χ0) is 14.7. The van der Waals surface area contributed by atoms with Gasteiger partial charge in [-0.2, -0.15) is 0 Å². The molecule has 2 heteroatoms. The normalized spacial score (nSPS) is 12.2. The summed E-state index contributed by atoms with van der Waals surface area (Å²) in [6, 6.07) is 12.6. The van der Waals surface area contributed by atoms with Crippen LogP contribution in [0.25, 0.3) is 0 Å². The number of ether oxygens (including phenoxy) is 1. The molecule has 0 saturated carbocycles. The highest BCUT2D eigenvalue weighted by atomic mass is 16.5. The Morgan fingerprint density at radius 1 is 1.00 bits per heavy atom. The van der Waals surface area contributed by atoms with E-state index in [-0.39, 0.29) is 6.04 Å². The summed E-state index contributed by atoms with van der Waals surface area (Å²) in [5, 5.41) is 0. The largest absolute Gasteiger partial charge is 0.457 e. The van der Waals surface area contributed by atoms with Crippen molar-refractivity contribution in [3.05, 3.63) is 58.7 Å². The quantitative estimate of drug-likeness (QED) is 0.898. The van der Waals surface area contributed by atoms with Crippen molar-refractivity contribution in [1.82, 2.24) is 0 Å². The van der Waals surface area contributed by atoms with Crippen LogP contribution in [0.2, 0.25) is 0 Å². The molecular weight excluding hydrogens is 246 g/mol. The van der Waals surface area contributed by atoms with E-state index in [0.717, 1.165) is 23.5 Å². The van der Waals surface area contributed by atoms with Crippen LogP contribution in [0.3, 0.4) is 0 Å². The first-order chi connectivity index (χ1) is 9.45. The first kappa shape index (κ1) is 14.6. The predicted octanol–water partition coefficient (Wildman–Crippen LogP) is 4.29. The van der Waals surface area contributed by atoms with E-state index in [1.54, 1.807) is 0 Å². The summed E-state index contributed by atoms with van der Waals surface area (Å²) >= 11 is 0. The molecule has 2 N–H and O–H groups in total. The SMILES string of the molecule is Cc1ccc(C)c(Oc2ccc(CC(C)N)c(C)c2)c1. The summed E-state index contributed by atoms with van der Waals surface area (Å²) < 4.78 is 6.00. The van der Waals surface area contributed by atoms with Crippen molar-refractivity contribution < 1.29 is 4.74 Å². The molecule has 0 aliphatic heterocycles. The van der Waals surface area contributed by atoms with Crippen molar-refractivity contribution in [3.63, 3.8) is 0 Å². The summed E-state index contributed by atoms with van der Waals surface area (Å²) in [4.78, 5) is 0. The van der Waals surface area contributed by atoms with Gasteiger partial charge in [0, 0.05) is 6.04 Å². The third-order valence-electron chi connectivity index (χ3n) is 3.43. The fraction of sp³-hybridized carbons (Fsp3) is 0.333. The predicted molar refractivity (Wildman–Crippen MR) is 84.5 cm³/mol. The minimum atomic E-state index is 0.180. The van der Waals surface area contributed by atoms with E-state index < -0.39 is 0 Å². The monoisotopic (exact) mass is 269 g/mol. The van der Waals surface area contributed by atoms with Crippen molar-refractivity contribution in [1.29, 1.82) is 0 Å². The maximum absolute atomic E-state index is 6.00. The Labute approximate surface area is 121 Å². The van der Waals surface area contributed by atoms with Gasteiger partial charge in [-0.15, -0.1) is 0 Å². The van der Waals surface area contributed by atoms with Crippen molar-refractivity contribution in [3.8, 4) is 11.5 Å². The van der Waals surface area contributed by atoms with Crippen molar-refractivity contribution in [2.24, 2.45) is 5.73 Å².